The third-order valence-electron chi connectivity index (χ3n) is 5.93. The molecule has 3 fully saturated rings. The first-order chi connectivity index (χ1) is 13.7. The normalized spacial score (nSPS) is 24.3. The van der Waals surface area contributed by atoms with Crippen LogP contribution in [-0.2, 0) is 4.74 Å². The van der Waals surface area contributed by atoms with Crippen LogP contribution in [0.4, 0.5) is 16.1 Å². The number of benzene rings is 1. The van der Waals surface area contributed by atoms with E-state index in [1.165, 1.54) is 37.8 Å². The third kappa shape index (κ3) is 3.53. The van der Waals surface area contributed by atoms with E-state index in [9.17, 15) is 4.39 Å². The highest BCUT2D eigenvalue weighted by Gasteiger charge is 2.51. The molecule has 0 bridgehead atoms. The first-order valence-electron chi connectivity index (χ1n) is 10.1. The quantitative estimate of drug-likeness (QED) is 0.842. The Labute approximate surface area is 163 Å². The summed E-state index contributed by atoms with van der Waals surface area (Å²) in [5, 5.41) is 11.1. The minimum atomic E-state index is -0.265. The summed E-state index contributed by atoms with van der Waals surface area (Å²) >= 11 is 0. The van der Waals surface area contributed by atoms with Gasteiger partial charge in [-0.25, -0.2) is 4.39 Å². The minimum absolute atomic E-state index is 0.111. The lowest BCUT2D eigenvalue weighted by molar-refractivity contribution is -0.0204. The Morgan fingerprint density at radius 2 is 2.07 bits per heavy atom. The molecular weight excluding hydrogens is 363 g/mol. The molecule has 2 aliphatic heterocycles. The molecule has 0 amide bonds. The van der Waals surface area contributed by atoms with Crippen molar-refractivity contribution in [2.75, 3.05) is 29.9 Å². The van der Waals surface area contributed by atoms with Crippen molar-refractivity contribution in [3.8, 4) is 5.75 Å². The van der Waals surface area contributed by atoms with Crippen LogP contribution in [0.1, 0.15) is 38.5 Å². The van der Waals surface area contributed by atoms with Crippen molar-refractivity contribution in [2.45, 2.75) is 56.3 Å². The Balaban J connectivity index is 1.22. The second-order valence-electron chi connectivity index (χ2n) is 8.14. The van der Waals surface area contributed by atoms with Gasteiger partial charge in [-0.15, -0.1) is 5.10 Å². The van der Waals surface area contributed by atoms with E-state index in [-0.39, 0.29) is 23.6 Å². The highest BCUT2D eigenvalue weighted by molar-refractivity contribution is 5.57. The number of nitrogens with one attached hydrogen (secondary N) is 1. The molecule has 1 saturated carbocycles. The molecule has 0 radical (unpaired) electrons. The van der Waals surface area contributed by atoms with Crippen LogP contribution in [0.5, 0.6) is 5.75 Å². The largest absolute Gasteiger partial charge is 0.488 e. The lowest BCUT2D eigenvalue weighted by Crippen LogP contribution is -2.62. The zero-order chi connectivity index (χ0) is 19.0. The van der Waals surface area contributed by atoms with E-state index < -0.39 is 0 Å². The SMILES string of the molecule is Fc1ccc(OC2CCCCC2)c(N[C@H]2COC3(C2)CN(c2nnco2)C3)c1. The van der Waals surface area contributed by atoms with Crippen LogP contribution in [0.25, 0.3) is 0 Å². The Hall–Kier alpha value is -2.35. The summed E-state index contributed by atoms with van der Waals surface area (Å²) < 4.78 is 31.4. The Morgan fingerprint density at radius 1 is 1.21 bits per heavy atom. The van der Waals surface area contributed by atoms with E-state index in [4.69, 9.17) is 13.9 Å². The summed E-state index contributed by atoms with van der Waals surface area (Å²) in [5.41, 5.74) is 0.508. The van der Waals surface area contributed by atoms with E-state index in [0.717, 1.165) is 38.1 Å². The fraction of sp³-hybridized carbons (Fsp3) is 0.600. The van der Waals surface area contributed by atoms with Gasteiger partial charge < -0.3 is 24.1 Å². The van der Waals surface area contributed by atoms with Gasteiger partial charge in [-0.1, -0.05) is 11.5 Å². The van der Waals surface area contributed by atoms with Crippen LogP contribution >= 0.6 is 0 Å². The number of hydrogen-bond donors (Lipinski definition) is 1. The van der Waals surface area contributed by atoms with Crippen LogP contribution in [-0.4, -0.2) is 47.6 Å². The van der Waals surface area contributed by atoms with Gasteiger partial charge in [0.05, 0.1) is 37.5 Å². The molecule has 1 aliphatic carbocycles. The van der Waals surface area contributed by atoms with Gasteiger partial charge in [-0.2, -0.15) is 0 Å². The van der Waals surface area contributed by atoms with Gasteiger partial charge in [-0.3, -0.25) is 0 Å². The molecule has 3 aliphatic rings. The van der Waals surface area contributed by atoms with E-state index in [0.29, 0.717) is 18.3 Å². The maximum Gasteiger partial charge on any atom is 0.318 e. The number of hydrogen-bond acceptors (Lipinski definition) is 7. The number of nitrogens with zero attached hydrogens (tertiary/aromatic N) is 3. The summed E-state index contributed by atoms with van der Waals surface area (Å²) in [6, 6.07) is 5.36. The zero-order valence-electron chi connectivity index (χ0n) is 15.8. The first-order valence-corrected chi connectivity index (χ1v) is 10.1. The van der Waals surface area contributed by atoms with Crippen molar-refractivity contribution in [3.05, 3.63) is 30.4 Å². The van der Waals surface area contributed by atoms with Gasteiger partial charge in [0.1, 0.15) is 17.2 Å². The molecule has 1 aromatic heterocycles. The Bertz CT molecular complexity index is 804. The molecule has 1 spiro atoms. The van der Waals surface area contributed by atoms with E-state index >= 15 is 0 Å². The third-order valence-corrected chi connectivity index (χ3v) is 5.93. The molecule has 28 heavy (non-hydrogen) atoms. The maximum atomic E-state index is 13.9. The average Bonchev–Trinajstić information content (AvgIpc) is 3.33. The van der Waals surface area contributed by atoms with Gasteiger partial charge in [0.25, 0.3) is 0 Å². The van der Waals surface area contributed by atoms with E-state index in [2.05, 4.69) is 15.5 Å². The fourth-order valence-electron chi connectivity index (χ4n) is 4.55. The number of anilines is 2. The second kappa shape index (κ2) is 7.24. The van der Waals surface area contributed by atoms with Crippen molar-refractivity contribution >= 4 is 11.7 Å². The summed E-state index contributed by atoms with van der Waals surface area (Å²) in [4.78, 5) is 2.01. The second-order valence-corrected chi connectivity index (χ2v) is 8.14. The first kappa shape index (κ1) is 17.7. The molecule has 150 valence electrons. The number of aromatic nitrogens is 2. The average molecular weight is 388 g/mol. The lowest BCUT2D eigenvalue weighted by Gasteiger charge is -2.45. The summed E-state index contributed by atoms with van der Waals surface area (Å²) in [6.07, 6.45) is 8.20. The predicted molar refractivity (Wildman–Crippen MR) is 101 cm³/mol. The summed E-state index contributed by atoms with van der Waals surface area (Å²) in [6.45, 7) is 2.03. The maximum absolute atomic E-state index is 13.9. The molecule has 5 rings (SSSR count). The van der Waals surface area contributed by atoms with E-state index in [1.54, 1.807) is 6.07 Å². The molecule has 2 saturated heterocycles. The predicted octanol–water partition coefficient (Wildman–Crippen LogP) is 3.38. The summed E-state index contributed by atoms with van der Waals surface area (Å²) in [5.74, 6) is 0.466. The van der Waals surface area contributed by atoms with Crippen LogP contribution in [0.2, 0.25) is 0 Å². The van der Waals surface area contributed by atoms with Gasteiger partial charge >= 0.3 is 6.01 Å². The zero-order valence-corrected chi connectivity index (χ0v) is 15.8. The number of rotatable bonds is 5. The molecule has 8 heteroatoms. The van der Waals surface area contributed by atoms with Crippen LogP contribution in [0.15, 0.2) is 29.0 Å². The molecule has 1 atom stereocenters. The topological polar surface area (TPSA) is 72.7 Å². The van der Waals surface area contributed by atoms with Crippen LogP contribution in [0, 0.1) is 5.82 Å². The van der Waals surface area contributed by atoms with Crippen molar-refractivity contribution in [1.82, 2.24) is 10.2 Å². The Kier molecular flexibility index (Phi) is 4.58. The fourth-order valence-corrected chi connectivity index (χ4v) is 4.55. The van der Waals surface area contributed by atoms with Gasteiger partial charge in [0.2, 0.25) is 6.39 Å². The molecule has 1 aromatic carbocycles. The highest BCUT2D eigenvalue weighted by Crippen LogP contribution is 2.39. The molecule has 2 aromatic rings. The van der Waals surface area contributed by atoms with Crippen LogP contribution in [0.3, 0.4) is 0 Å². The van der Waals surface area contributed by atoms with Crippen molar-refractivity contribution in [2.24, 2.45) is 0 Å². The minimum Gasteiger partial charge on any atom is -0.488 e. The van der Waals surface area contributed by atoms with Gasteiger partial charge in [0, 0.05) is 12.5 Å². The van der Waals surface area contributed by atoms with E-state index in [1.807, 2.05) is 4.90 Å². The Morgan fingerprint density at radius 3 is 2.86 bits per heavy atom. The summed E-state index contributed by atoms with van der Waals surface area (Å²) in [7, 11) is 0. The smallest absolute Gasteiger partial charge is 0.318 e. The monoisotopic (exact) mass is 388 g/mol. The molecule has 0 unspecified atom stereocenters. The van der Waals surface area contributed by atoms with Crippen molar-refractivity contribution in [3.63, 3.8) is 0 Å². The molecule has 7 nitrogen and oxygen atoms in total. The highest BCUT2D eigenvalue weighted by atomic mass is 19.1. The molecular formula is C20H25FN4O3. The van der Waals surface area contributed by atoms with Crippen molar-refractivity contribution in [1.29, 1.82) is 0 Å². The number of halogens is 1. The van der Waals surface area contributed by atoms with Gasteiger partial charge in [-0.05, 0) is 37.8 Å². The molecule has 3 heterocycles. The van der Waals surface area contributed by atoms with Crippen LogP contribution < -0.4 is 15.0 Å². The molecule has 1 N–H and O–H groups in total. The van der Waals surface area contributed by atoms with Gasteiger partial charge in [0.15, 0.2) is 0 Å². The van der Waals surface area contributed by atoms with Crippen molar-refractivity contribution < 1.29 is 18.3 Å². The standard InChI is InChI=1S/C20H25FN4O3/c21-14-6-7-18(28-16-4-2-1-3-5-16)17(8-14)23-15-9-20(27-10-15)11-25(12-20)19-24-22-13-26-19/h6-8,13,15-16,23H,1-5,9-12H2/t15-/m1/s1. The lowest BCUT2D eigenvalue weighted by atomic mass is 9.90. The number of ether oxygens (including phenoxy) is 2.